The van der Waals surface area contributed by atoms with Gasteiger partial charge in [0.25, 0.3) is 0 Å². The lowest BCUT2D eigenvalue weighted by Gasteiger charge is -2.12. The van der Waals surface area contributed by atoms with Crippen LogP contribution in [0.4, 0.5) is 4.39 Å². The number of halogens is 1. The van der Waals surface area contributed by atoms with Crippen molar-refractivity contribution in [2.24, 2.45) is 0 Å². The summed E-state index contributed by atoms with van der Waals surface area (Å²) in [5.41, 5.74) is 1.75. The summed E-state index contributed by atoms with van der Waals surface area (Å²) in [6.45, 7) is 0.988. The molecular weight excluding hydrogens is 229 g/mol. The number of benzene rings is 2. The summed E-state index contributed by atoms with van der Waals surface area (Å²) in [5.74, 6) is -0.238. The van der Waals surface area contributed by atoms with Crippen LogP contribution in [0.3, 0.4) is 0 Å². The molecule has 2 aromatic carbocycles. The van der Waals surface area contributed by atoms with Crippen molar-refractivity contribution >= 4 is 0 Å². The van der Waals surface area contributed by atoms with Crippen molar-refractivity contribution in [1.82, 2.24) is 5.32 Å². The zero-order valence-electron chi connectivity index (χ0n) is 10.0. The molecule has 0 amide bonds. The number of rotatable bonds is 5. The highest BCUT2D eigenvalue weighted by atomic mass is 19.1. The van der Waals surface area contributed by atoms with Crippen molar-refractivity contribution in [2.45, 2.75) is 12.6 Å². The molecule has 0 saturated heterocycles. The summed E-state index contributed by atoms with van der Waals surface area (Å²) in [5, 5.41) is 13.0. The Bertz CT molecular complexity index is 487. The monoisotopic (exact) mass is 245 g/mol. The van der Waals surface area contributed by atoms with Crippen molar-refractivity contribution in [3.63, 3.8) is 0 Å². The maximum atomic E-state index is 12.9. The largest absolute Gasteiger partial charge is 0.387 e. The van der Waals surface area contributed by atoms with Gasteiger partial charge < -0.3 is 10.4 Å². The van der Waals surface area contributed by atoms with Crippen LogP contribution in [-0.2, 0) is 6.54 Å². The van der Waals surface area contributed by atoms with Crippen LogP contribution in [0.2, 0.25) is 0 Å². The van der Waals surface area contributed by atoms with E-state index in [1.165, 1.54) is 12.1 Å². The molecule has 1 atom stereocenters. The fourth-order valence-corrected chi connectivity index (χ4v) is 1.79. The Morgan fingerprint density at radius 1 is 1.06 bits per heavy atom. The molecule has 1 unspecified atom stereocenters. The summed E-state index contributed by atoms with van der Waals surface area (Å²) in [4.78, 5) is 0. The molecule has 0 fully saturated rings. The van der Waals surface area contributed by atoms with E-state index >= 15 is 0 Å². The van der Waals surface area contributed by atoms with Crippen LogP contribution in [0.25, 0.3) is 0 Å². The van der Waals surface area contributed by atoms with E-state index in [4.69, 9.17) is 0 Å². The first-order valence-electron chi connectivity index (χ1n) is 5.94. The Morgan fingerprint density at radius 3 is 2.56 bits per heavy atom. The number of hydrogen-bond acceptors (Lipinski definition) is 2. The first-order valence-corrected chi connectivity index (χ1v) is 5.94. The van der Waals surface area contributed by atoms with Gasteiger partial charge in [0, 0.05) is 13.1 Å². The van der Waals surface area contributed by atoms with Gasteiger partial charge in [0.1, 0.15) is 5.82 Å². The van der Waals surface area contributed by atoms with E-state index in [-0.39, 0.29) is 5.82 Å². The van der Waals surface area contributed by atoms with Crippen LogP contribution >= 0.6 is 0 Å². The molecule has 0 aliphatic heterocycles. The van der Waals surface area contributed by atoms with Crippen molar-refractivity contribution in [3.05, 3.63) is 71.5 Å². The molecule has 0 spiro atoms. The second kappa shape index (κ2) is 6.28. The minimum absolute atomic E-state index is 0.238. The molecule has 2 aromatic rings. The summed E-state index contributed by atoms with van der Waals surface area (Å²) >= 11 is 0. The molecule has 3 heteroatoms. The van der Waals surface area contributed by atoms with Gasteiger partial charge in [0.2, 0.25) is 0 Å². The van der Waals surface area contributed by atoms with Gasteiger partial charge in [0.15, 0.2) is 0 Å². The van der Waals surface area contributed by atoms with Crippen LogP contribution < -0.4 is 5.32 Å². The molecule has 0 aliphatic carbocycles. The third-order valence-corrected chi connectivity index (χ3v) is 2.74. The van der Waals surface area contributed by atoms with E-state index in [9.17, 15) is 9.50 Å². The van der Waals surface area contributed by atoms with Gasteiger partial charge in [-0.15, -0.1) is 0 Å². The lowest BCUT2D eigenvalue weighted by molar-refractivity contribution is 0.174. The van der Waals surface area contributed by atoms with Crippen molar-refractivity contribution < 1.29 is 9.50 Å². The van der Waals surface area contributed by atoms with Crippen LogP contribution in [-0.4, -0.2) is 11.7 Å². The van der Waals surface area contributed by atoms with Crippen molar-refractivity contribution in [3.8, 4) is 0 Å². The molecule has 0 heterocycles. The highest BCUT2D eigenvalue weighted by Gasteiger charge is 2.05. The lowest BCUT2D eigenvalue weighted by Crippen LogP contribution is -2.21. The molecule has 18 heavy (non-hydrogen) atoms. The summed E-state index contributed by atoms with van der Waals surface area (Å²) in [6, 6.07) is 15.9. The van der Waals surface area contributed by atoms with Crippen LogP contribution in [0.5, 0.6) is 0 Å². The molecule has 94 valence electrons. The highest BCUT2D eigenvalue weighted by molar-refractivity contribution is 5.18. The maximum Gasteiger partial charge on any atom is 0.123 e. The second-order valence-electron chi connectivity index (χ2n) is 4.19. The topological polar surface area (TPSA) is 32.3 Å². The summed E-state index contributed by atoms with van der Waals surface area (Å²) in [7, 11) is 0. The summed E-state index contributed by atoms with van der Waals surface area (Å²) in [6.07, 6.45) is -0.542. The van der Waals surface area contributed by atoms with Crippen molar-refractivity contribution in [1.29, 1.82) is 0 Å². The van der Waals surface area contributed by atoms with E-state index < -0.39 is 6.10 Å². The number of aliphatic hydroxyl groups is 1. The molecule has 0 saturated carbocycles. The maximum absolute atomic E-state index is 12.9. The van der Waals surface area contributed by atoms with Crippen LogP contribution in [0, 0.1) is 5.82 Å². The van der Waals surface area contributed by atoms with E-state index in [2.05, 4.69) is 5.32 Å². The fourth-order valence-electron chi connectivity index (χ4n) is 1.79. The Morgan fingerprint density at radius 2 is 1.83 bits per heavy atom. The molecular formula is C15H16FNO. The quantitative estimate of drug-likeness (QED) is 0.848. The Balaban J connectivity index is 1.82. The van der Waals surface area contributed by atoms with Crippen molar-refractivity contribution in [2.75, 3.05) is 6.54 Å². The minimum Gasteiger partial charge on any atom is -0.387 e. The van der Waals surface area contributed by atoms with E-state index in [1.807, 2.05) is 36.4 Å². The normalized spacial score (nSPS) is 12.3. The fraction of sp³-hybridized carbons (Fsp3) is 0.200. The number of nitrogens with one attached hydrogen (secondary N) is 1. The van der Waals surface area contributed by atoms with Gasteiger partial charge in [-0.3, -0.25) is 0 Å². The molecule has 2 nitrogen and oxygen atoms in total. The van der Waals surface area contributed by atoms with E-state index in [0.29, 0.717) is 13.1 Å². The SMILES string of the molecule is OC(CNCc1cccc(F)c1)c1ccccc1. The molecule has 0 aromatic heterocycles. The smallest absolute Gasteiger partial charge is 0.123 e. The molecule has 2 N–H and O–H groups in total. The first kappa shape index (κ1) is 12.7. The minimum atomic E-state index is -0.542. The van der Waals surface area contributed by atoms with Crippen LogP contribution in [0.1, 0.15) is 17.2 Å². The van der Waals surface area contributed by atoms with Gasteiger partial charge >= 0.3 is 0 Å². The van der Waals surface area contributed by atoms with Gasteiger partial charge in [-0.05, 0) is 23.3 Å². The van der Waals surface area contributed by atoms with Gasteiger partial charge in [0.05, 0.1) is 6.10 Å². The van der Waals surface area contributed by atoms with E-state index in [1.54, 1.807) is 6.07 Å². The summed E-state index contributed by atoms with van der Waals surface area (Å²) < 4.78 is 12.9. The average molecular weight is 245 g/mol. The van der Waals surface area contributed by atoms with Gasteiger partial charge in [-0.25, -0.2) is 4.39 Å². The Labute approximate surface area is 106 Å². The number of aliphatic hydroxyl groups excluding tert-OH is 1. The molecule has 2 rings (SSSR count). The Kier molecular flexibility index (Phi) is 4.45. The second-order valence-corrected chi connectivity index (χ2v) is 4.19. The third-order valence-electron chi connectivity index (χ3n) is 2.74. The first-order chi connectivity index (χ1) is 8.75. The predicted molar refractivity (Wildman–Crippen MR) is 69.5 cm³/mol. The molecule has 0 bridgehead atoms. The predicted octanol–water partition coefficient (Wildman–Crippen LogP) is 2.65. The van der Waals surface area contributed by atoms with E-state index in [0.717, 1.165) is 11.1 Å². The zero-order chi connectivity index (χ0) is 12.8. The molecule has 0 radical (unpaired) electrons. The standard InChI is InChI=1S/C15H16FNO/c16-14-8-4-5-12(9-14)10-17-11-15(18)13-6-2-1-3-7-13/h1-9,15,17-18H,10-11H2. The number of hydrogen-bond donors (Lipinski definition) is 2. The molecule has 0 aliphatic rings. The van der Waals surface area contributed by atoms with Gasteiger partial charge in [-0.1, -0.05) is 42.5 Å². The highest BCUT2D eigenvalue weighted by Crippen LogP contribution is 2.11. The lowest BCUT2D eigenvalue weighted by atomic mass is 10.1. The van der Waals surface area contributed by atoms with Gasteiger partial charge in [-0.2, -0.15) is 0 Å². The average Bonchev–Trinajstić information content (AvgIpc) is 2.40. The third kappa shape index (κ3) is 3.65. The van der Waals surface area contributed by atoms with Crippen LogP contribution in [0.15, 0.2) is 54.6 Å². The Hall–Kier alpha value is -1.71. The zero-order valence-corrected chi connectivity index (χ0v) is 10.0.